The molecule has 0 bridgehead atoms. The number of nitrogens with zero attached hydrogens (tertiary/aromatic N) is 2. The molecule has 0 aliphatic carbocycles. The molecule has 1 N–H and O–H groups in total. The number of methoxy groups -OCH3 is 3. The molecule has 216 valence electrons. The fraction of sp³-hybridized carbons (Fsp3) is 0.429. The van der Waals surface area contributed by atoms with Crippen LogP contribution in [0.25, 0.3) is 10.9 Å². The highest BCUT2D eigenvalue weighted by atomic mass is 19.4. The van der Waals surface area contributed by atoms with E-state index in [0.29, 0.717) is 72.7 Å². The van der Waals surface area contributed by atoms with Crippen LogP contribution in [0.3, 0.4) is 0 Å². The molecule has 1 aliphatic heterocycles. The Morgan fingerprint density at radius 2 is 1.70 bits per heavy atom. The van der Waals surface area contributed by atoms with Gasteiger partial charge in [0.2, 0.25) is 0 Å². The lowest BCUT2D eigenvalue weighted by Crippen LogP contribution is -2.38. The van der Waals surface area contributed by atoms with Crippen LogP contribution in [-0.4, -0.2) is 68.5 Å². The quantitative estimate of drug-likeness (QED) is 0.383. The van der Waals surface area contributed by atoms with E-state index in [4.69, 9.17) is 14.2 Å². The summed E-state index contributed by atoms with van der Waals surface area (Å²) in [6.07, 6.45) is -2.26. The molecule has 0 atom stereocenters. The van der Waals surface area contributed by atoms with E-state index in [2.05, 4.69) is 0 Å². The number of hydrogen-bond donors (Lipinski definition) is 1. The summed E-state index contributed by atoms with van der Waals surface area (Å²) in [6, 6.07) is 7.61. The van der Waals surface area contributed by atoms with E-state index in [9.17, 15) is 27.2 Å². The summed E-state index contributed by atoms with van der Waals surface area (Å²) < 4.78 is 70.2. The third-order valence-electron chi connectivity index (χ3n) is 7.15. The normalized spacial score (nSPS) is 14.4. The molecule has 0 saturated carbocycles. The first-order valence-corrected chi connectivity index (χ1v) is 12.7. The molecule has 0 unspecified atom stereocenters. The van der Waals surface area contributed by atoms with Crippen LogP contribution in [0.5, 0.6) is 11.5 Å². The molecule has 1 aliphatic rings. The zero-order chi connectivity index (χ0) is 29.0. The number of likely N-dealkylation sites (tertiary alicyclic amines) is 1. The number of benzene rings is 2. The maximum atomic E-state index is 14.7. The van der Waals surface area contributed by atoms with E-state index in [-0.39, 0.29) is 18.4 Å². The minimum atomic E-state index is -4.99. The summed E-state index contributed by atoms with van der Waals surface area (Å²) in [5, 5.41) is 2.52. The molecule has 1 aromatic heterocycles. The van der Waals surface area contributed by atoms with Gasteiger partial charge < -0.3 is 29.0 Å². The molecule has 1 fully saturated rings. The molecule has 3 aromatic rings. The highest BCUT2D eigenvalue weighted by Crippen LogP contribution is 2.36. The van der Waals surface area contributed by atoms with Crippen LogP contribution in [0, 0.1) is 5.82 Å². The maximum Gasteiger partial charge on any atom is 0.471 e. The monoisotopic (exact) mass is 565 g/mol. The van der Waals surface area contributed by atoms with Gasteiger partial charge in [-0.05, 0) is 42.0 Å². The van der Waals surface area contributed by atoms with Gasteiger partial charge in [0.25, 0.3) is 5.91 Å². The Kier molecular flexibility index (Phi) is 8.87. The number of piperidine rings is 1. The van der Waals surface area contributed by atoms with Crippen molar-refractivity contribution in [3.8, 4) is 11.5 Å². The Hall–Kier alpha value is -3.80. The van der Waals surface area contributed by atoms with Gasteiger partial charge in [0.15, 0.2) is 11.5 Å². The van der Waals surface area contributed by atoms with Crippen LogP contribution in [0.2, 0.25) is 0 Å². The third kappa shape index (κ3) is 6.16. The zero-order valence-corrected chi connectivity index (χ0v) is 22.4. The minimum absolute atomic E-state index is 0.170. The predicted molar refractivity (Wildman–Crippen MR) is 139 cm³/mol. The number of hydrogen-bond acceptors (Lipinski definition) is 5. The lowest BCUT2D eigenvalue weighted by Gasteiger charge is -2.32. The fourth-order valence-electron chi connectivity index (χ4n) is 5.02. The molecule has 12 heteroatoms. The summed E-state index contributed by atoms with van der Waals surface area (Å²) in [5.74, 6) is -1.89. The van der Waals surface area contributed by atoms with Crippen LogP contribution < -0.4 is 14.8 Å². The van der Waals surface area contributed by atoms with E-state index in [1.165, 1.54) is 25.3 Å². The smallest absolute Gasteiger partial charge is 0.471 e. The van der Waals surface area contributed by atoms with E-state index in [1.54, 1.807) is 31.4 Å². The summed E-state index contributed by atoms with van der Waals surface area (Å²) in [7, 11) is 4.66. The van der Waals surface area contributed by atoms with Gasteiger partial charge in [-0.2, -0.15) is 13.2 Å². The van der Waals surface area contributed by atoms with E-state index in [0.717, 1.165) is 5.52 Å². The Labute approximate surface area is 228 Å². The highest BCUT2D eigenvalue weighted by Gasteiger charge is 2.38. The second-order valence-electron chi connectivity index (χ2n) is 9.56. The first kappa shape index (κ1) is 29.2. The van der Waals surface area contributed by atoms with Crippen LogP contribution in [-0.2, 0) is 22.6 Å². The van der Waals surface area contributed by atoms with Crippen LogP contribution in [0.4, 0.5) is 17.6 Å². The van der Waals surface area contributed by atoms with Crippen molar-refractivity contribution in [3.05, 3.63) is 59.0 Å². The SMILES string of the molecule is COCCn1cc(C(=O)N2CCC(c3cc(CNC(=O)C(F)(F)F)ccc3F)CC2)c2cc(OC)c(OC)cc21. The number of carbonyl (C=O) groups excluding carboxylic acids is 2. The number of ether oxygens (including phenoxy) is 3. The molecule has 2 amide bonds. The number of alkyl halides is 3. The first-order valence-electron chi connectivity index (χ1n) is 12.7. The largest absolute Gasteiger partial charge is 0.493 e. The second kappa shape index (κ2) is 12.2. The van der Waals surface area contributed by atoms with Gasteiger partial charge in [-0.3, -0.25) is 9.59 Å². The van der Waals surface area contributed by atoms with Gasteiger partial charge in [-0.15, -0.1) is 0 Å². The minimum Gasteiger partial charge on any atom is -0.493 e. The lowest BCUT2D eigenvalue weighted by molar-refractivity contribution is -0.173. The Morgan fingerprint density at radius 1 is 1.02 bits per heavy atom. The van der Waals surface area contributed by atoms with Crippen molar-refractivity contribution in [2.75, 3.05) is 41.0 Å². The summed E-state index contributed by atoms with van der Waals surface area (Å²) in [6.45, 7) is 1.34. The number of amides is 2. The molecule has 2 heterocycles. The maximum absolute atomic E-state index is 14.7. The number of halogens is 4. The first-order chi connectivity index (χ1) is 19.1. The molecule has 2 aromatic carbocycles. The fourth-order valence-corrected chi connectivity index (χ4v) is 5.02. The second-order valence-corrected chi connectivity index (χ2v) is 9.56. The molecule has 0 spiro atoms. The van der Waals surface area contributed by atoms with Gasteiger partial charge in [0, 0.05) is 50.9 Å². The highest BCUT2D eigenvalue weighted by molar-refractivity contribution is 6.07. The lowest BCUT2D eigenvalue weighted by atomic mass is 9.88. The molecule has 0 radical (unpaired) electrons. The van der Waals surface area contributed by atoms with Crippen LogP contribution >= 0.6 is 0 Å². The molecular formula is C28H31F4N3O5. The van der Waals surface area contributed by atoms with Crippen LogP contribution in [0.1, 0.15) is 40.2 Å². The Bertz CT molecular complexity index is 1380. The van der Waals surface area contributed by atoms with Gasteiger partial charge >= 0.3 is 12.1 Å². The van der Waals surface area contributed by atoms with Crippen molar-refractivity contribution in [1.29, 1.82) is 0 Å². The van der Waals surface area contributed by atoms with Crippen molar-refractivity contribution in [3.63, 3.8) is 0 Å². The molecule has 40 heavy (non-hydrogen) atoms. The van der Waals surface area contributed by atoms with E-state index >= 15 is 0 Å². The van der Waals surface area contributed by atoms with Gasteiger partial charge in [0.1, 0.15) is 5.82 Å². The number of aromatic nitrogens is 1. The van der Waals surface area contributed by atoms with Crippen molar-refractivity contribution < 1.29 is 41.4 Å². The van der Waals surface area contributed by atoms with Crippen molar-refractivity contribution in [1.82, 2.24) is 14.8 Å². The van der Waals surface area contributed by atoms with Crippen molar-refractivity contribution in [2.45, 2.75) is 38.0 Å². The number of fused-ring (bicyclic) bond motifs is 1. The number of rotatable bonds is 9. The Balaban J connectivity index is 1.51. The van der Waals surface area contributed by atoms with Crippen LogP contribution in [0.15, 0.2) is 36.5 Å². The van der Waals surface area contributed by atoms with Gasteiger partial charge in [0.05, 0.1) is 31.9 Å². The number of carbonyl (C=O) groups is 2. The van der Waals surface area contributed by atoms with Crippen molar-refractivity contribution in [2.24, 2.45) is 0 Å². The van der Waals surface area contributed by atoms with E-state index in [1.807, 2.05) is 16.0 Å². The van der Waals surface area contributed by atoms with Crippen molar-refractivity contribution >= 4 is 22.7 Å². The summed E-state index contributed by atoms with van der Waals surface area (Å²) in [5.41, 5.74) is 2.02. The molecule has 4 rings (SSSR count). The Morgan fingerprint density at radius 3 is 2.33 bits per heavy atom. The molecule has 8 nitrogen and oxygen atoms in total. The van der Waals surface area contributed by atoms with Gasteiger partial charge in [-0.25, -0.2) is 4.39 Å². The topological polar surface area (TPSA) is 82.0 Å². The van der Waals surface area contributed by atoms with E-state index < -0.39 is 17.9 Å². The van der Waals surface area contributed by atoms with Gasteiger partial charge in [-0.1, -0.05) is 12.1 Å². The summed E-state index contributed by atoms with van der Waals surface area (Å²) in [4.78, 5) is 26.5. The third-order valence-corrected chi connectivity index (χ3v) is 7.15. The standard InChI is InChI=1S/C28H31F4N3O5/c1-38-11-10-35-16-21(20-13-24(39-2)25(40-3)14-23(20)35)26(36)34-8-6-18(7-9-34)19-12-17(4-5-22(19)29)15-33-27(37)28(30,31)32/h4-5,12-14,16,18H,6-11,15H2,1-3H3,(H,33,37). The molecular weight excluding hydrogens is 534 g/mol. The average Bonchev–Trinajstić information content (AvgIpc) is 3.30. The number of nitrogens with one attached hydrogen (secondary N) is 1. The zero-order valence-electron chi connectivity index (χ0n) is 22.4. The summed E-state index contributed by atoms with van der Waals surface area (Å²) >= 11 is 0. The predicted octanol–water partition coefficient (Wildman–Crippen LogP) is 4.64. The average molecular weight is 566 g/mol. The molecule has 1 saturated heterocycles.